The molecule has 39 heavy (non-hydrogen) atoms. The Bertz CT molecular complexity index is 1410. The van der Waals surface area contributed by atoms with Gasteiger partial charge in [-0.15, -0.1) is 11.3 Å². The van der Waals surface area contributed by atoms with Crippen LogP contribution in [0, 0.1) is 0 Å². The minimum absolute atomic E-state index is 0.0650. The highest BCUT2D eigenvalue weighted by atomic mass is 32.1. The fourth-order valence-electron chi connectivity index (χ4n) is 4.15. The predicted octanol–water partition coefficient (Wildman–Crippen LogP) is 6.83. The van der Waals surface area contributed by atoms with Crippen LogP contribution in [-0.4, -0.2) is 28.7 Å². The Balaban J connectivity index is 1.55. The van der Waals surface area contributed by atoms with Gasteiger partial charge >= 0.3 is 12.1 Å². The number of anilines is 1. The minimum Gasteiger partial charge on any atom is -0.479 e. The molecular weight excluding hydrogens is 512 g/mol. The van der Waals surface area contributed by atoms with E-state index in [9.17, 15) is 19.5 Å². The van der Waals surface area contributed by atoms with Crippen molar-refractivity contribution in [2.75, 3.05) is 5.32 Å². The number of carboxylic acid groups (broad SMARTS) is 1. The van der Waals surface area contributed by atoms with Gasteiger partial charge in [0.15, 0.2) is 6.04 Å². The third kappa shape index (κ3) is 7.33. The van der Waals surface area contributed by atoms with E-state index in [0.717, 1.165) is 16.0 Å². The molecule has 3 aromatic carbocycles. The summed E-state index contributed by atoms with van der Waals surface area (Å²) < 4.78 is 5.26. The van der Waals surface area contributed by atoms with Crippen molar-refractivity contribution in [3.05, 3.63) is 124 Å². The van der Waals surface area contributed by atoms with Crippen LogP contribution >= 0.6 is 11.3 Å². The number of carbonyl (C=O) groups excluding carboxylic acids is 2. The summed E-state index contributed by atoms with van der Waals surface area (Å²) >= 11 is 1.33. The molecule has 8 heteroatoms. The number of hydrogen-bond donors (Lipinski definition) is 3. The molecule has 0 aliphatic rings. The van der Waals surface area contributed by atoms with Crippen molar-refractivity contribution in [3.8, 4) is 0 Å². The van der Waals surface area contributed by atoms with Crippen LogP contribution < -0.4 is 10.6 Å². The van der Waals surface area contributed by atoms with Crippen LogP contribution in [0.1, 0.15) is 64.0 Å². The maximum absolute atomic E-state index is 13.2. The Morgan fingerprint density at radius 2 is 1.38 bits per heavy atom. The third-order valence-corrected chi connectivity index (χ3v) is 6.94. The van der Waals surface area contributed by atoms with Gasteiger partial charge in [-0.3, -0.25) is 10.1 Å². The predicted molar refractivity (Wildman–Crippen MR) is 152 cm³/mol. The number of benzene rings is 3. The number of nitrogens with one attached hydrogen (secondary N) is 2. The summed E-state index contributed by atoms with van der Waals surface area (Å²) in [7, 11) is 0. The average Bonchev–Trinajstić information content (AvgIpc) is 3.37. The number of carboxylic acids is 1. The highest BCUT2D eigenvalue weighted by Gasteiger charge is 2.26. The molecule has 0 saturated carbocycles. The van der Waals surface area contributed by atoms with E-state index in [1.54, 1.807) is 45.0 Å². The van der Waals surface area contributed by atoms with E-state index >= 15 is 0 Å². The summed E-state index contributed by atoms with van der Waals surface area (Å²) in [5, 5.41) is 15.1. The Morgan fingerprint density at radius 3 is 1.95 bits per heavy atom. The van der Waals surface area contributed by atoms with Gasteiger partial charge in [0, 0.05) is 16.5 Å². The van der Waals surface area contributed by atoms with Gasteiger partial charge < -0.3 is 15.2 Å². The Hall–Kier alpha value is -4.43. The fourth-order valence-corrected chi connectivity index (χ4v) is 5.22. The molecule has 1 atom stereocenters. The molecule has 4 rings (SSSR count). The molecule has 0 fully saturated rings. The Labute approximate surface area is 231 Å². The lowest BCUT2D eigenvalue weighted by Gasteiger charge is -2.20. The molecule has 0 aliphatic heterocycles. The lowest BCUT2D eigenvalue weighted by molar-refractivity contribution is -0.139. The minimum atomic E-state index is -1.32. The first-order valence-corrected chi connectivity index (χ1v) is 13.3. The molecule has 7 nitrogen and oxygen atoms in total. The summed E-state index contributed by atoms with van der Waals surface area (Å²) in [6.07, 6.45) is -0.659. The second-order valence-electron chi connectivity index (χ2n) is 9.95. The van der Waals surface area contributed by atoms with Crippen LogP contribution in [0.3, 0.4) is 0 Å². The zero-order valence-electron chi connectivity index (χ0n) is 21.9. The molecular formula is C31H30N2O5S. The van der Waals surface area contributed by atoms with Crippen molar-refractivity contribution in [3.63, 3.8) is 0 Å². The first-order chi connectivity index (χ1) is 18.6. The fraction of sp³-hybridized carbons (Fsp3) is 0.194. The number of carbonyl (C=O) groups is 3. The number of aliphatic carboxylic acids is 1. The van der Waals surface area contributed by atoms with E-state index in [2.05, 4.69) is 34.9 Å². The van der Waals surface area contributed by atoms with Gasteiger partial charge in [0.05, 0.1) is 4.88 Å². The van der Waals surface area contributed by atoms with E-state index in [1.165, 1.54) is 17.4 Å². The molecule has 200 valence electrons. The van der Waals surface area contributed by atoms with Gasteiger partial charge in [-0.25, -0.2) is 9.59 Å². The smallest absolute Gasteiger partial charge is 0.412 e. The second-order valence-corrected chi connectivity index (χ2v) is 11.1. The largest absolute Gasteiger partial charge is 0.479 e. The van der Waals surface area contributed by atoms with Crippen molar-refractivity contribution >= 4 is 35.0 Å². The van der Waals surface area contributed by atoms with Crippen LogP contribution in [0.25, 0.3) is 0 Å². The Kier molecular flexibility index (Phi) is 8.46. The number of ether oxygens (including phenoxy) is 1. The topological polar surface area (TPSA) is 105 Å². The van der Waals surface area contributed by atoms with Gasteiger partial charge in [0.25, 0.3) is 5.91 Å². The van der Waals surface area contributed by atoms with Gasteiger partial charge in [-0.1, -0.05) is 72.8 Å². The van der Waals surface area contributed by atoms with Crippen LogP contribution in [0.5, 0.6) is 0 Å². The molecule has 0 saturated heterocycles. The molecule has 0 bridgehead atoms. The van der Waals surface area contributed by atoms with Crippen molar-refractivity contribution in [2.24, 2.45) is 0 Å². The van der Waals surface area contributed by atoms with E-state index in [1.807, 2.05) is 42.5 Å². The van der Waals surface area contributed by atoms with E-state index in [0.29, 0.717) is 16.1 Å². The summed E-state index contributed by atoms with van der Waals surface area (Å²) in [5.74, 6) is -1.78. The lowest BCUT2D eigenvalue weighted by Crippen LogP contribution is -2.33. The molecule has 4 aromatic rings. The maximum Gasteiger partial charge on any atom is 0.412 e. The van der Waals surface area contributed by atoms with Gasteiger partial charge in [0.2, 0.25) is 0 Å². The van der Waals surface area contributed by atoms with E-state index in [4.69, 9.17) is 4.74 Å². The average molecular weight is 543 g/mol. The quantitative estimate of drug-likeness (QED) is 0.226. The van der Waals surface area contributed by atoms with Crippen LogP contribution in [-0.2, 0) is 9.53 Å². The monoisotopic (exact) mass is 542 g/mol. The molecule has 0 spiro atoms. The molecule has 1 heterocycles. The van der Waals surface area contributed by atoms with E-state index in [-0.39, 0.29) is 5.92 Å². The molecule has 2 amide bonds. The molecule has 0 unspecified atom stereocenters. The molecule has 0 aliphatic carbocycles. The maximum atomic E-state index is 13.2. The first-order valence-electron chi connectivity index (χ1n) is 12.4. The van der Waals surface area contributed by atoms with Gasteiger partial charge in [-0.05, 0) is 61.7 Å². The van der Waals surface area contributed by atoms with Gasteiger partial charge in [0.1, 0.15) is 5.60 Å². The summed E-state index contributed by atoms with van der Waals surface area (Å²) in [6, 6.07) is 28.7. The summed E-state index contributed by atoms with van der Waals surface area (Å²) in [6.45, 7) is 5.24. The molecule has 1 aromatic heterocycles. The van der Waals surface area contributed by atoms with E-state index < -0.39 is 29.6 Å². The summed E-state index contributed by atoms with van der Waals surface area (Å²) in [4.78, 5) is 38.9. The SMILES string of the molecule is CC(C)(C)OC(=O)Nc1cccc([C@H](NC(=O)c2ccc(C(c3ccccc3)c3ccccc3)s2)C(=O)O)c1. The number of rotatable bonds is 8. The standard InChI is InChI=1S/C31H30N2O5S/c1-31(2,3)38-30(37)32-23-16-10-15-22(19-23)27(29(35)36)33-28(34)25-18-17-24(39-25)26(20-11-6-4-7-12-20)21-13-8-5-9-14-21/h4-19,26-27H,1-3H3,(H,32,37)(H,33,34)(H,35,36)/t27-/m0/s1. The number of hydrogen-bond acceptors (Lipinski definition) is 5. The normalized spacial score (nSPS) is 12.0. The highest BCUT2D eigenvalue weighted by molar-refractivity contribution is 7.14. The number of thiophene rings is 1. The molecule has 3 N–H and O–H groups in total. The third-order valence-electron chi connectivity index (χ3n) is 5.79. The lowest BCUT2D eigenvalue weighted by atomic mass is 9.90. The van der Waals surface area contributed by atoms with Crippen LogP contribution in [0.2, 0.25) is 0 Å². The zero-order valence-corrected chi connectivity index (χ0v) is 22.7. The van der Waals surface area contributed by atoms with Crippen molar-refractivity contribution in [2.45, 2.75) is 38.3 Å². The van der Waals surface area contributed by atoms with Crippen LogP contribution in [0.15, 0.2) is 97.1 Å². The van der Waals surface area contributed by atoms with Gasteiger partial charge in [-0.2, -0.15) is 0 Å². The highest BCUT2D eigenvalue weighted by Crippen LogP contribution is 2.36. The zero-order chi connectivity index (χ0) is 28.0. The van der Waals surface area contributed by atoms with Crippen molar-refractivity contribution in [1.82, 2.24) is 5.32 Å². The van der Waals surface area contributed by atoms with Crippen LogP contribution in [0.4, 0.5) is 10.5 Å². The summed E-state index contributed by atoms with van der Waals surface area (Å²) in [5.41, 5.74) is 2.17. The van der Waals surface area contributed by atoms with Crippen molar-refractivity contribution in [1.29, 1.82) is 0 Å². The second kappa shape index (κ2) is 12.0. The first kappa shape index (κ1) is 27.6. The molecule has 0 radical (unpaired) electrons. The number of amides is 2. The Morgan fingerprint density at radius 1 is 0.795 bits per heavy atom. The van der Waals surface area contributed by atoms with Crippen molar-refractivity contribution < 1.29 is 24.2 Å².